The summed E-state index contributed by atoms with van der Waals surface area (Å²) in [7, 11) is -3.94. The zero-order valence-electron chi connectivity index (χ0n) is 17.4. The van der Waals surface area contributed by atoms with Gasteiger partial charge in [0.05, 0.1) is 16.5 Å². The number of Topliss-reactive ketones (excluding diaryl/α,β-unsaturated/α-hetero) is 1. The molecule has 168 valence electrons. The van der Waals surface area contributed by atoms with E-state index in [2.05, 4.69) is 0 Å². The molecule has 0 radical (unpaired) electrons. The number of sulfonamides is 1. The van der Waals surface area contributed by atoms with Gasteiger partial charge >= 0.3 is 0 Å². The van der Waals surface area contributed by atoms with Gasteiger partial charge in [0.1, 0.15) is 5.76 Å². The number of aryl methyl sites for hydroxylation is 1. The summed E-state index contributed by atoms with van der Waals surface area (Å²) in [6.45, 7) is 1.89. The van der Waals surface area contributed by atoms with Gasteiger partial charge in [0, 0.05) is 16.3 Å². The number of aliphatic hydroxyl groups excluding tert-OH is 1. The second-order valence-corrected chi connectivity index (χ2v) is 9.62. The van der Waals surface area contributed by atoms with Crippen molar-refractivity contribution in [1.29, 1.82) is 0 Å². The third-order valence-corrected chi connectivity index (χ3v) is 6.58. The Morgan fingerprint density at radius 3 is 2.06 bits per heavy atom. The molecule has 1 unspecified atom stereocenters. The van der Waals surface area contributed by atoms with Crippen LogP contribution in [0.15, 0.2) is 83.3 Å². The minimum absolute atomic E-state index is 0.0818. The van der Waals surface area contributed by atoms with Crippen LogP contribution in [-0.2, 0) is 19.6 Å². The van der Waals surface area contributed by atoms with E-state index >= 15 is 0 Å². The van der Waals surface area contributed by atoms with Crippen LogP contribution in [0.1, 0.15) is 22.7 Å². The molecule has 0 saturated carbocycles. The lowest BCUT2D eigenvalue weighted by Crippen LogP contribution is -2.29. The lowest BCUT2D eigenvalue weighted by atomic mass is 9.95. The van der Waals surface area contributed by atoms with E-state index in [1.165, 1.54) is 29.2 Å². The third kappa shape index (κ3) is 4.28. The first-order valence-electron chi connectivity index (χ1n) is 9.84. The highest BCUT2D eigenvalue weighted by Crippen LogP contribution is 2.42. The molecule has 0 aliphatic carbocycles. The minimum atomic E-state index is -3.94. The fraction of sp³-hybridized carbons (Fsp3) is 0.0833. The minimum Gasteiger partial charge on any atom is -0.507 e. The molecule has 4 rings (SSSR count). The number of carbonyl (C=O) groups is 2. The van der Waals surface area contributed by atoms with Gasteiger partial charge in [-0.2, -0.15) is 0 Å². The van der Waals surface area contributed by atoms with Crippen molar-refractivity contribution in [1.82, 2.24) is 0 Å². The summed E-state index contributed by atoms with van der Waals surface area (Å²) in [5, 5.41) is 16.7. The standard InChI is InChI=1S/C24H19ClN2O5S/c1-14-2-4-16(5-3-14)22(28)20-21(15-6-8-17(25)9-7-15)27(24(30)23(20)29)18-10-12-19(13-11-18)33(26,31)32/h2-13,21,28H,1H3,(H2,26,31,32)/b22-20-. The monoisotopic (exact) mass is 482 g/mol. The maximum atomic E-state index is 13.1. The molecule has 1 aliphatic rings. The summed E-state index contributed by atoms with van der Waals surface area (Å²) in [6.07, 6.45) is 0. The number of ketones is 1. The van der Waals surface area contributed by atoms with Crippen molar-refractivity contribution in [3.63, 3.8) is 0 Å². The fourth-order valence-corrected chi connectivity index (χ4v) is 4.36. The van der Waals surface area contributed by atoms with Crippen molar-refractivity contribution in [3.8, 4) is 0 Å². The van der Waals surface area contributed by atoms with Gasteiger partial charge in [-0.25, -0.2) is 13.6 Å². The molecular weight excluding hydrogens is 464 g/mol. The molecule has 9 heteroatoms. The first-order chi connectivity index (χ1) is 15.6. The van der Waals surface area contributed by atoms with Crippen molar-refractivity contribution in [2.45, 2.75) is 17.9 Å². The Kier molecular flexibility index (Phi) is 5.84. The molecule has 1 amide bonds. The number of anilines is 1. The molecule has 1 aliphatic heterocycles. The number of hydrogen-bond donors (Lipinski definition) is 2. The van der Waals surface area contributed by atoms with Crippen molar-refractivity contribution in [2.75, 3.05) is 4.90 Å². The number of primary sulfonamides is 1. The number of rotatable bonds is 4. The average Bonchev–Trinajstić information content (AvgIpc) is 3.04. The maximum Gasteiger partial charge on any atom is 0.300 e. The molecule has 7 nitrogen and oxygen atoms in total. The molecule has 3 N–H and O–H groups in total. The largest absolute Gasteiger partial charge is 0.507 e. The van der Waals surface area contributed by atoms with Crippen LogP contribution in [-0.4, -0.2) is 25.2 Å². The average molecular weight is 483 g/mol. The first-order valence-corrected chi connectivity index (χ1v) is 11.8. The van der Waals surface area contributed by atoms with Gasteiger partial charge in [0.25, 0.3) is 11.7 Å². The number of amides is 1. The summed E-state index contributed by atoms with van der Waals surface area (Å²) in [6, 6.07) is 17.8. The topological polar surface area (TPSA) is 118 Å². The van der Waals surface area contributed by atoms with E-state index in [-0.39, 0.29) is 21.9 Å². The van der Waals surface area contributed by atoms with Crippen molar-refractivity contribution in [3.05, 3.63) is 100 Å². The smallest absolute Gasteiger partial charge is 0.300 e. The second kappa shape index (κ2) is 8.47. The number of aliphatic hydroxyl groups is 1. The van der Waals surface area contributed by atoms with Gasteiger partial charge in [-0.1, -0.05) is 53.6 Å². The van der Waals surface area contributed by atoms with Gasteiger partial charge in [-0.15, -0.1) is 0 Å². The molecule has 1 fully saturated rings. The van der Waals surface area contributed by atoms with Gasteiger partial charge in [-0.3, -0.25) is 14.5 Å². The fourth-order valence-electron chi connectivity index (χ4n) is 3.72. The summed E-state index contributed by atoms with van der Waals surface area (Å²) in [5.41, 5.74) is 2.09. The highest BCUT2D eigenvalue weighted by Gasteiger charge is 2.47. The van der Waals surface area contributed by atoms with Crippen LogP contribution in [0.4, 0.5) is 5.69 Å². The van der Waals surface area contributed by atoms with E-state index in [9.17, 15) is 23.1 Å². The highest BCUT2D eigenvalue weighted by molar-refractivity contribution is 7.89. The van der Waals surface area contributed by atoms with Crippen LogP contribution < -0.4 is 10.0 Å². The van der Waals surface area contributed by atoms with E-state index in [1.54, 1.807) is 48.5 Å². The molecule has 3 aromatic rings. The summed E-state index contributed by atoms with van der Waals surface area (Å²) < 4.78 is 23.2. The first kappa shape index (κ1) is 22.7. The lowest BCUT2D eigenvalue weighted by molar-refractivity contribution is -0.132. The molecule has 3 aromatic carbocycles. The molecule has 0 bridgehead atoms. The number of carbonyl (C=O) groups excluding carboxylic acids is 2. The number of nitrogens with two attached hydrogens (primary N) is 1. The highest BCUT2D eigenvalue weighted by atomic mass is 35.5. The summed E-state index contributed by atoms with van der Waals surface area (Å²) in [5.74, 6) is -2.02. The molecule has 1 saturated heterocycles. The van der Waals surface area contributed by atoms with E-state index in [4.69, 9.17) is 16.7 Å². The number of hydrogen-bond acceptors (Lipinski definition) is 5. The molecule has 33 heavy (non-hydrogen) atoms. The van der Waals surface area contributed by atoms with Crippen LogP contribution in [0.3, 0.4) is 0 Å². The molecule has 1 atom stereocenters. The Bertz CT molecular complexity index is 1380. The number of halogens is 1. The predicted molar refractivity (Wildman–Crippen MR) is 125 cm³/mol. The molecule has 1 heterocycles. The van der Waals surface area contributed by atoms with Crippen LogP contribution >= 0.6 is 11.6 Å². The zero-order chi connectivity index (χ0) is 23.9. The SMILES string of the molecule is Cc1ccc(/C(O)=C2/C(=O)C(=O)N(c3ccc(S(N)(=O)=O)cc3)C2c2ccc(Cl)cc2)cc1. The Labute approximate surface area is 195 Å². The maximum absolute atomic E-state index is 13.1. The van der Waals surface area contributed by atoms with Gasteiger partial charge < -0.3 is 5.11 Å². The lowest BCUT2D eigenvalue weighted by Gasteiger charge is -2.25. The van der Waals surface area contributed by atoms with Crippen LogP contribution in [0, 0.1) is 6.92 Å². The van der Waals surface area contributed by atoms with Crippen molar-refractivity contribution in [2.24, 2.45) is 5.14 Å². The van der Waals surface area contributed by atoms with Crippen molar-refractivity contribution >= 4 is 44.8 Å². The van der Waals surface area contributed by atoms with Gasteiger partial charge in [0.2, 0.25) is 10.0 Å². The molecular formula is C24H19ClN2O5S. The van der Waals surface area contributed by atoms with E-state index < -0.39 is 27.8 Å². The number of nitrogens with zero attached hydrogens (tertiary/aromatic N) is 1. The quantitative estimate of drug-likeness (QED) is 0.332. The Morgan fingerprint density at radius 2 is 1.52 bits per heavy atom. The summed E-state index contributed by atoms with van der Waals surface area (Å²) in [4.78, 5) is 27.3. The Balaban J connectivity index is 1.91. The third-order valence-electron chi connectivity index (χ3n) is 5.40. The van der Waals surface area contributed by atoms with E-state index in [0.29, 0.717) is 16.1 Å². The van der Waals surface area contributed by atoms with Crippen LogP contribution in [0.2, 0.25) is 5.02 Å². The van der Waals surface area contributed by atoms with E-state index in [1.807, 2.05) is 6.92 Å². The van der Waals surface area contributed by atoms with Crippen molar-refractivity contribution < 1.29 is 23.1 Å². The number of benzene rings is 3. The zero-order valence-corrected chi connectivity index (χ0v) is 19.0. The molecule has 0 spiro atoms. The molecule has 0 aromatic heterocycles. The summed E-state index contributed by atoms with van der Waals surface area (Å²) >= 11 is 6.02. The normalized spacial score (nSPS) is 18.0. The Hall–Kier alpha value is -3.46. The second-order valence-electron chi connectivity index (χ2n) is 7.63. The Morgan fingerprint density at radius 1 is 0.939 bits per heavy atom. The van der Waals surface area contributed by atoms with Gasteiger partial charge in [0.15, 0.2) is 0 Å². The van der Waals surface area contributed by atoms with E-state index in [0.717, 1.165) is 5.56 Å². The van der Waals surface area contributed by atoms with Gasteiger partial charge in [-0.05, 0) is 48.9 Å². The van der Waals surface area contributed by atoms with Crippen LogP contribution in [0.5, 0.6) is 0 Å². The van der Waals surface area contributed by atoms with Crippen LogP contribution in [0.25, 0.3) is 5.76 Å². The predicted octanol–water partition coefficient (Wildman–Crippen LogP) is 3.92.